The van der Waals surface area contributed by atoms with Crippen molar-refractivity contribution < 1.29 is 32.7 Å². The molecule has 77 heavy (non-hydrogen) atoms. The van der Waals surface area contributed by atoms with E-state index in [1.807, 2.05) is 11.6 Å². The normalized spacial score (nSPS) is 13.8. The molecule has 0 amide bonds. The second-order valence-electron chi connectivity index (χ2n) is 29.6. The molecule has 0 aliphatic heterocycles. The molecule has 453 valence electrons. The Kier molecular flexibility index (Phi) is 50.8. The summed E-state index contributed by atoms with van der Waals surface area (Å²) in [5.74, 6) is 11.0. The van der Waals surface area contributed by atoms with E-state index in [0.717, 1.165) is 70.0 Å². The number of benzene rings is 2. The molecule has 1 nitrogen and oxygen atoms in total. The fraction of sp³-hybridized carbons (Fsp3) is 0.784. The SMILES string of the molecule is CC(C)C.CC(C)C.CC(C)C(C)(C)C(C)C.CC(C)C1(C(C)C)CC1.CC(C)CC(C)(C)C(C)C.CC(C)CC1(C(C)C)CC1.CC(C)c1cccc(C(C)C)c1.CC(C)c1ccccc1.CC(C)c1cscn1.[CH3-].[Y]. The summed E-state index contributed by atoms with van der Waals surface area (Å²) in [6.07, 6.45) is 8.71. The van der Waals surface area contributed by atoms with Crippen molar-refractivity contribution in [1.29, 1.82) is 0 Å². The maximum Gasteiger partial charge on any atom is 0.0794 e. The minimum absolute atomic E-state index is 0. The Bertz CT molecular complexity index is 1620. The van der Waals surface area contributed by atoms with Crippen LogP contribution in [0, 0.1) is 88.3 Å². The molecule has 2 aliphatic rings. The third kappa shape index (κ3) is 43.5. The Morgan fingerprint density at radius 2 is 0.818 bits per heavy atom. The van der Waals surface area contributed by atoms with Gasteiger partial charge in [-0.3, -0.25) is 0 Å². The van der Waals surface area contributed by atoms with Gasteiger partial charge in [-0.2, -0.15) is 0 Å². The van der Waals surface area contributed by atoms with Crippen LogP contribution in [-0.2, 0) is 32.7 Å². The first-order chi connectivity index (χ1) is 34.1. The molecule has 1 heterocycles. The summed E-state index contributed by atoms with van der Waals surface area (Å²) in [4.78, 5) is 4.13. The summed E-state index contributed by atoms with van der Waals surface area (Å²) in [5.41, 5.74) is 9.92. The Hall–Kier alpha value is -0.826. The number of aromatic nitrogens is 1. The quantitative estimate of drug-likeness (QED) is 0.147. The molecule has 3 heteroatoms. The zero-order valence-electron chi connectivity index (χ0n) is 59.1. The maximum absolute atomic E-state index is 4.13. The van der Waals surface area contributed by atoms with Crippen LogP contribution in [0.15, 0.2) is 65.5 Å². The van der Waals surface area contributed by atoms with E-state index in [4.69, 9.17) is 0 Å². The average molecular weight is 1170 g/mol. The molecule has 0 unspecified atom stereocenters. The average Bonchev–Trinajstić information content (AvgIpc) is 4.20. The summed E-state index contributed by atoms with van der Waals surface area (Å²) in [6, 6.07) is 19.4. The van der Waals surface area contributed by atoms with E-state index in [2.05, 4.69) is 294 Å². The third-order valence-corrected chi connectivity index (χ3v) is 16.9. The van der Waals surface area contributed by atoms with Crippen molar-refractivity contribution in [2.75, 3.05) is 0 Å². The fourth-order valence-corrected chi connectivity index (χ4v) is 9.25. The molecule has 0 N–H and O–H groups in total. The number of hydrogen-bond donors (Lipinski definition) is 0. The summed E-state index contributed by atoms with van der Waals surface area (Å²) in [5, 5.41) is 2.09. The van der Waals surface area contributed by atoms with E-state index < -0.39 is 0 Å². The van der Waals surface area contributed by atoms with E-state index in [1.165, 1.54) is 60.9 Å². The van der Waals surface area contributed by atoms with Crippen LogP contribution in [0.5, 0.6) is 0 Å². The standard InChI is InChI=1S/C12H18.C10H20.C10H22.C9H18.C9H12.C9H20.C6H9NS.2C4H10.CH3.Y/c1-9(2)11-6-5-7-12(8-11)10(3)4;1-8(2)7-10(5-6-10)9(3)4;1-8(2)7-10(5,6)9(3)4;1-7(2)9(5-6-9)8(3)4;1-8(2)9-6-4-3-5-7-9;1-7(2)9(5,6)8(3)4;1-5(2)6-3-8-4-7-6;2*1-4(2)3;;/h5-10H,1-4H3;8-9H,5-7H2,1-4H3;8-9H,7H2,1-6H3;7-8H,5-6H2,1-4H3;3-8H,1-2H3;7-8H,1-6H3;3-5H,1-2H3;2*4H,1-3H3;1H3;/q;;;;;;;;;-1;. The molecule has 2 aromatic carbocycles. The monoisotopic (exact) mass is 1170 g/mol. The summed E-state index contributed by atoms with van der Waals surface area (Å²) >= 11 is 1.66. The Morgan fingerprint density at radius 1 is 0.455 bits per heavy atom. The first-order valence-electron chi connectivity index (χ1n) is 31.1. The largest absolute Gasteiger partial charge is 0.358 e. The van der Waals surface area contributed by atoms with Crippen molar-refractivity contribution in [1.82, 2.24) is 4.98 Å². The van der Waals surface area contributed by atoms with Gasteiger partial charge in [0.2, 0.25) is 0 Å². The first-order valence-corrected chi connectivity index (χ1v) is 32.1. The number of thiazole rings is 1. The van der Waals surface area contributed by atoms with E-state index >= 15 is 0 Å². The van der Waals surface area contributed by atoms with Crippen LogP contribution in [-0.4, -0.2) is 4.98 Å². The van der Waals surface area contributed by atoms with Crippen molar-refractivity contribution >= 4 is 11.3 Å². The third-order valence-electron chi connectivity index (χ3n) is 16.3. The molecule has 2 fully saturated rings. The van der Waals surface area contributed by atoms with Crippen molar-refractivity contribution in [2.45, 2.75) is 298 Å². The molecular weight excluding hydrogens is 1020 g/mol. The molecule has 0 spiro atoms. The van der Waals surface area contributed by atoms with Crippen LogP contribution in [0.4, 0.5) is 0 Å². The van der Waals surface area contributed by atoms with E-state index in [1.54, 1.807) is 11.3 Å². The second kappa shape index (κ2) is 44.7. The van der Waals surface area contributed by atoms with Gasteiger partial charge in [0.25, 0.3) is 0 Å². The van der Waals surface area contributed by atoms with Gasteiger partial charge in [-0.25, -0.2) is 4.98 Å². The topological polar surface area (TPSA) is 12.9 Å². The van der Waals surface area contributed by atoms with Gasteiger partial charge in [-0.1, -0.05) is 290 Å². The van der Waals surface area contributed by atoms with Crippen molar-refractivity contribution in [3.63, 3.8) is 0 Å². The van der Waals surface area contributed by atoms with Crippen LogP contribution in [0.25, 0.3) is 0 Å². The van der Waals surface area contributed by atoms with Crippen LogP contribution in [0.1, 0.15) is 320 Å². The molecule has 2 saturated carbocycles. The zero-order valence-corrected chi connectivity index (χ0v) is 62.8. The zero-order chi connectivity index (χ0) is 59.8. The van der Waals surface area contributed by atoms with E-state index in [0.29, 0.717) is 34.5 Å². The van der Waals surface area contributed by atoms with E-state index in [-0.39, 0.29) is 40.1 Å². The predicted molar refractivity (Wildman–Crippen MR) is 358 cm³/mol. The molecule has 0 atom stereocenters. The number of hydrogen-bond acceptors (Lipinski definition) is 2. The predicted octanol–water partition coefficient (Wildman–Crippen LogP) is 26.4. The molecule has 1 radical (unpaired) electrons. The van der Waals surface area contributed by atoms with Gasteiger partial charge in [0.15, 0.2) is 0 Å². The molecule has 3 aromatic rings. The number of rotatable bonds is 14. The minimum atomic E-state index is 0. The van der Waals surface area contributed by atoms with E-state index in [9.17, 15) is 0 Å². The molecular formula is C74H142NSY-. The van der Waals surface area contributed by atoms with Gasteiger partial charge >= 0.3 is 0 Å². The fourth-order valence-electron chi connectivity index (χ4n) is 8.53. The number of nitrogens with zero attached hydrogens (tertiary/aromatic N) is 1. The second-order valence-corrected chi connectivity index (χ2v) is 30.3. The Morgan fingerprint density at radius 3 is 0.961 bits per heavy atom. The summed E-state index contributed by atoms with van der Waals surface area (Å²) in [6.45, 7) is 77.2. The molecule has 0 bridgehead atoms. The minimum Gasteiger partial charge on any atom is -0.358 e. The summed E-state index contributed by atoms with van der Waals surface area (Å²) in [7, 11) is 0. The van der Waals surface area contributed by atoms with Gasteiger partial charge < -0.3 is 7.43 Å². The summed E-state index contributed by atoms with van der Waals surface area (Å²) < 4.78 is 0. The molecule has 2 aliphatic carbocycles. The van der Waals surface area contributed by atoms with Gasteiger partial charge in [0.05, 0.1) is 11.2 Å². The van der Waals surface area contributed by atoms with Gasteiger partial charge in [-0.15, -0.1) is 11.3 Å². The van der Waals surface area contributed by atoms with Crippen LogP contribution in [0.2, 0.25) is 0 Å². The smallest absolute Gasteiger partial charge is 0.0794 e. The van der Waals surface area contributed by atoms with Gasteiger partial charge in [0, 0.05) is 38.1 Å². The van der Waals surface area contributed by atoms with Crippen LogP contribution >= 0.6 is 11.3 Å². The van der Waals surface area contributed by atoms with Crippen LogP contribution in [0.3, 0.4) is 0 Å². The molecule has 5 rings (SSSR count). The van der Waals surface area contributed by atoms with Gasteiger partial charge in [0.1, 0.15) is 0 Å². The maximum atomic E-state index is 4.13. The Labute approximate surface area is 518 Å². The Balaban J connectivity index is -0.000000186. The molecule has 0 saturated heterocycles. The van der Waals surface area contributed by atoms with Crippen molar-refractivity contribution in [3.8, 4) is 0 Å². The molecule has 1 aromatic heterocycles. The van der Waals surface area contributed by atoms with Crippen LogP contribution < -0.4 is 0 Å². The van der Waals surface area contributed by atoms with Crippen molar-refractivity contribution in [3.05, 3.63) is 95.3 Å². The first kappa shape index (κ1) is 87.4. The van der Waals surface area contributed by atoms with Gasteiger partial charge in [-0.05, 0) is 160 Å². The van der Waals surface area contributed by atoms with Crippen molar-refractivity contribution in [2.24, 2.45) is 80.8 Å².